The van der Waals surface area contributed by atoms with E-state index in [0.29, 0.717) is 0 Å². The molecule has 0 amide bonds. The summed E-state index contributed by atoms with van der Waals surface area (Å²) in [6.07, 6.45) is 2.55. The van der Waals surface area contributed by atoms with Gasteiger partial charge in [0.2, 0.25) is 0 Å². The third-order valence-electron chi connectivity index (χ3n) is 8.36. The third kappa shape index (κ3) is 2.93. The number of thiol groups is 1. The quantitative estimate of drug-likeness (QED) is 0.223. The summed E-state index contributed by atoms with van der Waals surface area (Å²) in [6.45, 7) is 0. The van der Waals surface area contributed by atoms with E-state index in [4.69, 9.17) is 11.6 Å². The van der Waals surface area contributed by atoms with E-state index in [0.717, 1.165) is 15.8 Å². The fourth-order valence-corrected chi connectivity index (χ4v) is 12.8. The van der Waals surface area contributed by atoms with Crippen LogP contribution in [-0.2, 0) is 0 Å². The van der Waals surface area contributed by atoms with E-state index in [1.54, 1.807) is 0 Å². The van der Waals surface area contributed by atoms with Crippen molar-refractivity contribution in [2.45, 2.75) is 19.6 Å². The molecule has 1 aliphatic heterocycles. The van der Waals surface area contributed by atoms with Crippen LogP contribution in [0.1, 0.15) is 0 Å². The molecule has 0 aliphatic carbocycles. The lowest BCUT2D eigenvalue weighted by Crippen LogP contribution is -2.17. The Balaban J connectivity index is 1.63. The zero-order valence-electron chi connectivity index (χ0n) is 20.6. The van der Waals surface area contributed by atoms with Crippen molar-refractivity contribution in [3.63, 3.8) is 0 Å². The molecule has 0 spiro atoms. The first kappa shape index (κ1) is 22.4. The van der Waals surface area contributed by atoms with E-state index in [-0.39, 0.29) is 0 Å². The molecule has 6 aromatic carbocycles. The van der Waals surface area contributed by atoms with Gasteiger partial charge in [-0.15, -0.1) is 0 Å². The van der Waals surface area contributed by atoms with E-state index in [1.807, 2.05) is 12.1 Å². The van der Waals surface area contributed by atoms with Crippen molar-refractivity contribution < 1.29 is 0 Å². The number of benzene rings is 6. The van der Waals surface area contributed by atoms with E-state index >= 15 is 0 Å². The molecule has 180 valence electrons. The van der Waals surface area contributed by atoms with Gasteiger partial charge in [0, 0.05) is 16.0 Å². The van der Waals surface area contributed by atoms with Crippen molar-refractivity contribution in [1.82, 2.24) is 0 Å². The zero-order valence-corrected chi connectivity index (χ0v) is 22.3. The minimum Gasteiger partial charge on any atom is -0.201 e. The summed E-state index contributed by atoms with van der Waals surface area (Å²) in [4.78, 5) is 5.67. The number of fused-ring (bicyclic) bond motifs is 4. The highest BCUT2D eigenvalue weighted by Crippen LogP contribution is 2.92. The molecule has 0 aromatic heterocycles. The van der Waals surface area contributed by atoms with Gasteiger partial charge in [0.1, 0.15) is 0 Å². The van der Waals surface area contributed by atoms with Gasteiger partial charge < -0.3 is 0 Å². The Morgan fingerprint density at radius 2 is 1.11 bits per heavy atom. The van der Waals surface area contributed by atoms with Gasteiger partial charge in [0.15, 0.2) is 0 Å². The van der Waals surface area contributed by atoms with Crippen molar-refractivity contribution >= 4 is 31.5 Å². The van der Waals surface area contributed by atoms with Gasteiger partial charge in [-0.3, -0.25) is 0 Å². The first-order valence-corrected chi connectivity index (χ1v) is 15.7. The second-order valence-corrected chi connectivity index (χ2v) is 15.7. The summed E-state index contributed by atoms with van der Waals surface area (Å²) in [5, 5.41) is 3.04. The van der Waals surface area contributed by atoms with Gasteiger partial charge in [-0.25, -0.2) is 9.16 Å². The number of halogens is 1. The molecule has 0 saturated heterocycles. The van der Waals surface area contributed by atoms with Crippen LogP contribution in [0.25, 0.3) is 33.0 Å². The number of hydrogen-bond acceptors (Lipinski definition) is 0. The molecule has 1 heterocycles. The molecule has 0 unspecified atom stereocenters. The first-order valence-electron chi connectivity index (χ1n) is 12.7. The highest BCUT2D eigenvalue weighted by Gasteiger charge is 2.51. The van der Waals surface area contributed by atoms with E-state index < -0.39 is 9.16 Å². The van der Waals surface area contributed by atoms with Crippen LogP contribution in [-0.4, -0.2) is 6.26 Å². The molecule has 0 fully saturated rings. The minimum atomic E-state index is -3.00. The summed E-state index contributed by atoms with van der Waals surface area (Å²) in [7, 11) is -3.00. The van der Waals surface area contributed by atoms with Crippen LogP contribution in [0.5, 0.6) is 0 Å². The average Bonchev–Trinajstić information content (AvgIpc) is 3.21. The third-order valence-corrected chi connectivity index (χ3v) is 15.0. The maximum Gasteiger partial charge on any atom is 0.0484 e. The van der Waals surface area contributed by atoms with Crippen molar-refractivity contribution in [1.29, 1.82) is 0 Å². The lowest BCUT2D eigenvalue weighted by Gasteiger charge is -2.58. The van der Waals surface area contributed by atoms with Crippen molar-refractivity contribution in [3.8, 4) is 22.3 Å². The number of hydrogen-bond donors (Lipinski definition) is 1. The van der Waals surface area contributed by atoms with E-state index in [1.165, 1.54) is 41.8 Å². The van der Waals surface area contributed by atoms with Gasteiger partial charge >= 0.3 is 0 Å². The summed E-state index contributed by atoms with van der Waals surface area (Å²) in [5.74, 6) is 0. The van der Waals surface area contributed by atoms with Crippen molar-refractivity contribution in [3.05, 3.63) is 145 Å². The van der Waals surface area contributed by atoms with Gasteiger partial charge in [-0.05, 0) is 60.0 Å². The van der Waals surface area contributed by atoms with Crippen molar-refractivity contribution in [2.75, 3.05) is 6.26 Å². The Hall–Kier alpha value is -3.78. The lowest BCUT2D eigenvalue weighted by atomic mass is 9.93. The maximum absolute atomic E-state index is 6.51. The Morgan fingerprint density at radius 1 is 0.514 bits per heavy atom. The van der Waals surface area contributed by atoms with Crippen LogP contribution in [0.2, 0.25) is 5.02 Å². The molecule has 0 bridgehead atoms. The van der Waals surface area contributed by atoms with Gasteiger partial charge in [0.05, 0.1) is 0 Å². The van der Waals surface area contributed by atoms with Crippen molar-refractivity contribution in [2.24, 2.45) is 0 Å². The lowest BCUT2D eigenvalue weighted by molar-refractivity contribution is 1.25. The molecular weight excluding hydrogens is 488 g/mol. The van der Waals surface area contributed by atoms with Gasteiger partial charge in [-0.1, -0.05) is 139 Å². The van der Waals surface area contributed by atoms with Gasteiger partial charge in [0.25, 0.3) is 0 Å². The van der Waals surface area contributed by atoms with E-state index in [9.17, 15) is 0 Å². The van der Waals surface area contributed by atoms with Crippen LogP contribution < -0.4 is 0 Å². The molecule has 0 atom stereocenters. The van der Waals surface area contributed by atoms with Crippen LogP contribution in [0.15, 0.2) is 159 Å². The highest BCUT2D eigenvalue weighted by atomic mass is 35.5. The SMILES string of the molecule is C[SH]1(c2ccccc2)(c2ccccc2)c2ccccc2-c2c(-c3ccc4c(Cl)cccc4c3)cccc21. The molecule has 0 radical (unpaired) electrons. The largest absolute Gasteiger partial charge is 0.201 e. The maximum atomic E-state index is 6.51. The van der Waals surface area contributed by atoms with Gasteiger partial charge in [-0.2, -0.15) is 0 Å². The number of rotatable bonds is 3. The average molecular weight is 515 g/mol. The fraction of sp³-hybridized carbons (Fsp3) is 0.0286. The predicted molar refractivity (Wildman–Crippen MR) is 161 cm³/mol. The summed E-state index contributed by atoms with van der Waals surface area (Å²) in [6, 6.07) is 51.1. The predicted octanol–water partition coefficient (Wildman–Crippen LogP) is 10.4. The molecule has 1 aliphatic rings. The second-order valence-electron chi connectivity index (χ2n) is 10.1. The highest BCUT2D eigenvalue weighted by molar-refractivity contribution is 8.49. The van der Waals surface area contributed by atoms with Crippen LogP contribution in [0.3, 0.4) is 0 Å². The Labute approximate surface area is 223 Å². The standard InChI is InChI=1S/C35H27ClS/c1-37(27-13-4-2-5-14-27,28-15-6-3-7-16-28)33-20-9-8-17-31(33)35-30(18-11-21-34(35)37)26-22-23-29-25(24-26)12-10-19-32(29)36/h2-24,37H,1H3. The van der Waals surface area contributed by atoms with E-state index in [2.05, 4.69) is 134 Å². The minimum absolute atomic E-state index is 0.791. The summed E-state index contributed by atoms with van der Waals surface area (Å²) >= 11 is 6.51. The van der Waals surface area contributed by atoms with Crippen LogP contribution in [0, 0.1) is 0 Å². The fourth-order valence-electron chi connectivity index (χ4n) is 6.55. The topological polar surface area (TPSA) is 0 Å². The summed E-state index contributed by atoms with van der Waals surface area (Å²) < 4.78 is 0. The Bertz CT molecular complexity index is 1770. The molecule has 0 nitrogen and oxygen atoms in total. The molecule has 6 aromatic rings. The van der Waals surface area contributed by atoms with Crippen LogP contribution >= 0.6 is 20.8 Å². The Kier molecular flexibility index (Phi) is 4.92. The smallest absolute Gasteiger partial charge is 0.0484 e. The second kappa shape index (κ2) is 8.11. The zero-order chi connectivity index (χ0) is 25.1. The molecule has 2 heteroatoms. The van der Waals surface area contributed by atoms with Crippen LogP contribution in [0.4, 0.5) is 0 Å². The first-order chi connectivity index (χ1) is 18.1. The summed E-state index contributed by atoms with van der Waals surface area (Å²) in [5.41, 5.74) is 5.18. The normalized spacial score (nSPS) is 15.9. The Morgan fingerprint density at radius 3 is 1.84 bits per heavy atom. The molecular formula is C35H27ClS. The molecule has 0 saturated carbocycles. The molecule has 37 heavy (non-hydrogen) atoms. The monoisotopic (exact) mass is 514 g/mol. The molecule has 0 N–H and O–H groups in total. The molecule has 7 rings (SSSR count).